The van der Waals surface area contributed by atoms with Crippen LogP contribution in [0, 0.1) is 6.92 Å². The average Bonchev–Trinajstić information content (AvgIpc) is 2.35. The molecule has 11 heavy (non-hydrogen) atoms. The summed E-state index contributed by atoms with van der Waals surface area (Å²) in [6.45, 7) is 2.05. The highest BCUT2D eigenvalue weighted by molar-refractivity contribution is 7.84. The lowest BCUT2D eigenvalue weighted by molar-refractivity contribution is 0.966. The van der Waals surface area contributed by atoms with Crippen molar-refractivity contribution in [2.75, 3.05) is 5.75 Å². The summed E-state index contributed by atoms with van der Waals surface area (Å²) in [5.41, 5.74) is 2.52. The van der Waals surface area contributed by atoms with Gasteiger partial charge in [0, 0.05) is 22.9 Å². The quantitative estimate of drug-likeness (QED) is 0.601. The van der Waals surface area contributed by atoms with Crippen molar-refractivity contribution in [3.05, 3.63) is 23.5 Å². The fraction of sp³-hybridized carbons (Fsp3) is 0.500. The minimum absolute atomic E-state index is 0.369. The van der Waals surface area contributed by atoms with Gasteiger partial charge in [-0.25, -0.2) is 0 Å². The Labute approximate surface area is 78.4 Å². The van der Waals surface area contributed by atoms with E-state index in [0.29, 0.717) is 5.25 Å². The SMILES string of the molecule is Cc1cc(C[C@@H](S)CS)c[nH]1. The molecule has 0 aliphatic rings. The number of aromatic amines is 1. The molecule has 0 saturated heterocycles. The summed E-state index contributed by atoms with van der Waals surface area (Å²) in [5, 5.41) is 0.369. The van der Waals surface area contributed by atoms with Gasteiger partial charge in [0.05, 0.1) is 0 Å². The monoisotopic (exact) mass is 187 g/mol. The van der Waals surface area contributed by atoms with E-state index in [0.717, 1.165) is 12.2 Å². The first-order valence-electron chi connectivity index (χ1n) is 3.65. The minimum atomic E-state index is 0.369. The number of aryl methyl sites for hydroxylation is 1. The summed E-state index contributed by atoms with van der Waals surface area (Å²) < 4.78 is 0. The van der Waals surface area contributed by atoms with Gasteiger partial charge in [0.25, 0.3) is 0 Å². The maximum atomic E-state index is 4.36. The van der Waals surface area contributed by atoms with Crippen molar-refractivity contribution in [2.24, 2.45) is 0 Å². The molecule has 3 heteroatoms. The molecule has 0 radical (unpaired) electrons. The van der Waals surface area contributed by atoms with Crippen LogP contribution in [0.4, 0.5) is 0 Å². The molecular weight excluding hydrogens is 174 g/mol. The van der Waals surface area contributed by atoms with Gasteiger partial charge in [0.1, 0.15) is 0 Å². The van der Waals surface area contributed by atoms with E-state index in [1.165, 1.54) is 11.3 Å². The predicted molar refractivity (Wildman–Crippen MR) is 55.9 cm³/mol. The van der Waals surface area contributed by atoms with Crippen LogP contribution >= 0.6 is 25.3 Å². The minimum Gasteiger partial charge on any atom is -0.365 e. The zero-order valence-corrected chi connectivity index (χ0v) is 8.33. The molecule has 1 atom stereocenters. The highest BCUT2D eigenvalue weighted by Gasteiger charge is 2.02. The first kappa shape index (κ1) is 9.07. The van der Waals surface area contributed by atoms with E-state index < -0.39 is 0 Å². The summed E-state index contributed by atoms with van der Waals surface area (Å²) in [7, 11) is 0. The Morgan fingerprint density at radius 1 is 1.64 bits per heavy atom. The van der Waals surface area contributed by atoms with Gasteiger partial charge in [-0.3, -0.25) is 0 Å². The lowest BCUT2D eigenvalue weighted by Gasteiger charge is -2.03. The summed E-state index contributed by atoms with van der Waals surface area (Å²) in [6.07, 6.45) is 3.03. The van der Waals surface area contributed by atoms with Gasteiger partial charge < -0.3 is 4.98 Å². The van der Waals surface area contributed by atoms with Gasteiger partial charge in [-0.05, 0) is 25.0 Å². The molecule has 1 heterocycles. The molecule has 0 amide bonds. The number of aromatic nitrogens is 1. The smallest absolute Gasteiger partial charge is 0.0146 e. The highest BCUT2D eigenvalue weighted by atomic mass is 32.1. The van der Waals surface area contributed by atoms with Crippen molar-refractivity contribution in [2.45, 2.75) is 18.6 Å². The Bertz CT molecular complexity index is 220. The first-order chi connectivity index (χ1) is 5.22. The van der Waals surface area contributed by atoms with Gasteiger partial charge in [0.15, 0.2) is 0 Å². The fourth-order valence-electron chi connectivity index (χ4n) is 1.02. The molecule has 1 aromatic rings. The van der Waals surface area contributed by atoms with Crippen molar-refractivity contribution in [1.82, 2.24) is 4.98 Å². The van der Waals surface area contributed by atoms with Crippen LogP contribution in [0.3, 0.4) is 0 Å². The predicted octanol–water partition coefficient (Wildman–Crippen LogP) is 2.09. The zero-order valence-electron chi connectivity index (χ0n) is 6.54. The van der Waals surface area contributed by atoms with Crippen molar-refractivity contribution in [3.63, 3.8) is 0 Å². The van der Waals surface area contributed by atoms with E-state index in [4.69, 9.17) is 0 Å². The standard InChI is InChI=1S/C8H13NS2/c1-6-2-7(4-9-6)3-8(11)5-10/h2,4,8-11H,3,5H2,1H3/t8-/m1/s1. The Morgan fingerprint density at radius 2 is 2.36 bits per heavy atom. The van der Waals surface area contributed by atoms with Crippen LogP contribution in [-0.4, -0.2) is 16.0 Å². The van der Waals surface area contributed by atoms with Crippen LogP contribution in [0.15, 0.2) is 12.3 Å². The third-order valence-corrected chi connectivity index (χ3v) is 2.66. The molecule has 0 unspecified atom stereocenters. The topological polar surface area (TPSA) is 15.8 Å². The van der Waals surface area contributed by atoms with Crippen LogP contribution in [0.2, 0.25) is 0 Å². The van der Waals surface area contributed by atoms with E-state index in [9.17, 15) is 0 Å². The van der Waals surface area contributed by atoms with Gasteiger partial charge in [-0.1, -0.05) is 0 Å². The molecule has 1 aromatic heterocycles. The van der Waals surface area contributed by atoms with Gasteiger partial charge in [0.2, 0.25) is 0 Å². The second-order valence-electron chi connectivity index (χ2n) is 2.73. The maximum Gasteiger partial charge on any atom is 0.0146 e. The van der Waals surface area contributed by atoms with Crippen molar-refractivity contribution >= 4 is 25.3 Å². The number of nitrogens with one attached hydrogen (secondary N) is 1. The van der Waals surface area contributed by atoms with Crippen LogP contribution in [0.5, 0.6) is 0 Å². The Balaban J connectivity index is 2.50. The maximum absolute atomic E-state index is 4.36. The molecule has 0 aliphatic heterocycles. The number of hydrogen-bond acceptors (Lipinski definition) is 2. The van der Waals surface area contributed by atoms with E-state index in [-0.39, 0.29) is 0 Å². The molecule has 0 bridgehead atoms. The van der Waals surface area contributed by atoms with Crippen LogP contribution < -0.4 is 0 Å². The van der Waals surface area contributed by atoms with Crippen molar-refractivity contribution in [1.29, 1.82) is 0 Å². The molecule has 1 nitrogen and oxygen atoms in total. The van der Waals surface area contributed by atoms with E-state index in [2.05, 4.69) is 43.2 Å². The molecule has 0 aliphatic carbocycles. The normalized spacial score (nSPS) is 13.4. The Morgan fingerprint density at radius 3 is 2.82 bits per heavy atom. The number of hydrogen-bond donors (Lipinski definition) is 3. The Hall–Kier alpha value is -0.0200. The molecule has 0 fully saturated rings. The van der Waals surface area contributed by atoms with Crippen LogP contribution in [0.1, 0.15) is 11.3 Å². The van der Waals surface area contributed by atoms with Gasteiger partial charge in [-0.2, -0.15) is 25.3 Å². The lowest BCUT2D eigenvalue weighted by atomic mass is 10.2. The van der Waals surface area contributed by atoms with Gasteiger partial charge >= 0.3 is 0 Å². The van der Waals surface area contributed by atoms with Crippen molar-refractivity contribution in [3.8, 4) is 0 Å². The number of H-pyrrole nitrogens is 1. The lowest BCUT2D eigenvalue weighted by Crippen LogP contribution is -2.03. The van der Waals surface area contributed by atoms with Crippen LogP contribution in [-0.2, 0) is 6.42 Å². The fourth-order valence-corrected chi connectivity index (χ4v) is 1.36. The second-order valence-corrected chi connectivity index (χ2v) is 3.83. The molecule has 1 N–H and O–H groups in total. The van der Waals surface area contributed by atoms with E-state index >= 15 is 0 Å². The molecule has 1 rings (SSSR count). The summed E-state index contributed by atoms with van der Waals surface area (Å²) >= 11 is 8.53. The third-order valence-electron chi connectivity index (χ3n) is 1.57. The molecule has 0 spiro atoms. The van der Waals surface area contributed by atoms with E-state index in [1.807, 2.05) is 6.20 Å². The van der Waals surface area contributed by atoms with Gasteiger partial charge in [-0.15, -0.1) is 0 Å². The van der Waals surface area contributed by atoms with Crippen LogP contribution in [0.25, 0.3) is 0 Å². The first-order valence-corrected chi connectivity index (χ1v) is 4.80. The summed E-state index contributed by atoms with van der Waals surface area (Å²) in [4.78, 5) is 3.14. The van der Waals surface area contributed by atoms with Crippen molar-refractivity contribution < 1.29 is 0 Å². The van der Waals surface area contributed by atoms with E-state index in [1.54, 1.807) is 0 Å². The summed E-state index contributed by atoms with van der Waals surface area (Å²) in [5.74, 6) is 0.827. The molecule has 0 aromatic carbocycles. The Kier molecular flexibility index (Phi) is 3.40. The largest absolute Gasteiger partial charge is 0.365 e. The molecule has 62 valence electrons. The molecular formula is C8H13NS2. The second kappa shape index (κ2) is 4.12. The number of rotatable bonds is 3. The summed E-state index contributed by atoms with van der Waals surface area (Å²) in [6, 6.07) is 2.15. The number of thiol groups is 2. The highest BCUT2D eigenvalue weighted by Crippen LogP contribution is 2.09. The molecule has 0 saturated carbocycles. The zero-order chi connectivity index (χ0) is 8.27. The average molecular weight is 187 g/mol. The third kappa shape index (κ3) is 2.83.